The lowest BCUT2D eigenvalue weighted by atomic mass is 10.1. The smallest absolute Gasteiger partial charge is 0.270 e. The van der Waals surface area contributed by atoms with Gasteiger partial charge >= 0.3 is 0 Å². The number of thiocarbonyl (C=S) groups is 1. The molecule has 0 spiro atoms. The number of carboxylic acid groups (broad SMARTS) is 1. The molecule has 1 aromatic heterocycles. The van der Waals surface area contributed by atoms with E-state index in [1.54, 1.807) is 48.5 Å². The molecule has 9 heteroatoms. The Bertz CT molecular complexity index is 1260. The Kier molecular flexibility index (Phi) is 5.57. The Hall–Kier alpha value is -4.24. The number of hydrogen-bond donors (Lipinski definition) is 1. The molecule has 0 bridgehead atoms. The maximum Gasteiger partial charge on any atom is 0.270 e. The Morgan fingerprint density at radius 2 is 1.75 bits per heavy atom. The van der Waals surface area contributed by atoms with Crippen LogP contribution in [0.3, 0.4) is 0 Å². The second-order valence-electron chi connectivity index (χ2n) is 6.72. The number of nitrogens with one attached hydrogen (secondary N) is 1. The van der Waals surface area contributed by atoms with Crippen molar-refractivity contribution in [1.29, 1.82) is 0 Å². The predicted molar refractivity (Wildman–Crippen MR) is 118 cm³/mol. The van der Waals surface area contributed by atoms with Gasteiger partial charge in [-0.3, -0.25) is 19.8 Å². The fourth-order valence-electron chi connectivity index (χ4n) is 3.12. The predicted octanol–water partition coefficient (Wildman–Crippen LogP) is 2.15. The van der Waals surface area contributed by atoms with Gasteiger partial charge in [0, 0.05) is 5.56 Å². The van der Waals surface area contributed by atoms with Gasteiger partial charge < -0.3 is 19.1 Å². The number of methoxy groups -OCH3 is 1. The third kappa shape index (κ3) is 4.01. The second kappa shape index (κ2) is 8.48. The molecule has 0 unspecified atom stereocenters. The van der Waals surface area contributed by atoms with Gasteiger partial charge in [-0.1, -0.05) is 24.3 Å². The van der Waals surface area contributed by atoms with Gasteiger partial charge in [-0.15, -0.1) is 0 Å². The van der Waals surface area contributed by atoms with Crippen molar-refractivity contribution in [2.24, 2.45) is 0 Å². The number of ether oxygens (including phenoxy) is 1. The zero-order valence-electron chi connectivity index (χ0n) is 16.7. The first-order valence-electron chi connectivity index (χ1n) is 9.34. The molecule has 32 heavy (non-hydrogen) atoms. The number of furan rings is 1. The monoisotopic (exact) mass is 447 g/mol. The maximum atomic E-state index is 13.1. The number of carbonyl (C=O) groups excluding carboxylic acids is 3. The van der Waals surface area contributed by atoms with Crippen LogP contribution in [0.1, 0.15) is 16.1 Å². The van der Waals surface area contributed by atoms with E-state index in [4.69, 9.17) is 21.4 Å². The van der Waals surface area contributed by atoms with E-state index >= 15 is 0 Å². The molecule has 1 aliphatic heterocycles. The number of hydrogen-bond acceptors (Lipinski definition) is 7. The zero-order valence-corrected chi connectivity index (χ0v) is 17.5. The number of amides is 2. The number of carbonyl (C=O) groups is 3. The van der Waals surface area contributed by atoms with Crippen molar-refractivity contribution in [2.75, 3.05) is 12.0 Å². The lowest BCUT2D eigenvalue weighted by molar-refractivity contribution is -0.255. The molecule has 8 nitrogen and oxygen atoms in total. The molecule has 2 aromatic carbocycles. The highest BCUT2D eigenvalue weighted by atomic mass is 32.1. The number of rotatable bonds is 5. The highest BCUT2D eigenvalue weighted by Crippen LogP contribution is 2.27. The number of nitrogens with zero attached hydrogens (tertiary/aromatic N) is 1. The van der Waals surface area contributed by atoms with E-state index in [0.717, 1.165) is 0 Å². The van der Waals surface area contributed by atoms with E-state index < -0.39 is 17.8 Å². The zero-order chi connectivity index (χ0) is 22.8. The van der Waals surface area contributed by atoms with Gasteiger partial charge in [0.05, 0.1) is 18.8 Å². The molecule has 2 amide bonds. The Morgan fingerprint density at radius 3 is 2.38 bits per heavy atom. The minimum atomic E-state index is -1.28. The van der Waals surface area contributed by atoms with Crippen molar-refractivity contribution >= 4 is 46.9 Å². The molecule has 0 radical (unpaired) electrons. The van der Waals surface area contributed by atoms with Crippen LogP contribution in [0.2, 0.25) is 0 Å². The molecule has 3 aromatic rings. The third-order valence-corrected chi connectivity index (χ3v) is 5.04. The standard InChI is InChI=1S/C23H16N2O6S/c1-30-16-8-6-15(7-9-16)25-21(27)18(20(26)24-23(25)32)12-17-10-11-19(31-17)13-2-4-14(5-3-13)22(28)29/h2-12H,1H3,(H,28,29)(H,24,26,32)/p-1/b18-12-. The minimum Gasteiger partial charge on any atom is -0.545 e. The van der Waals surface area contributed by atoms with Gasteiger partial charge in [0.2, 0.25) is 0 Å². The molecule has 4 rings (SSSR count). The molecule has 0 saturated carbocycles. The van der Waals surface area contributed by atoms with Gasteiger partial charge in [-0.05, 0) is 60.3 Å². The average Bonchev–Trinajstić information content (AvgIpc) is 3.26. The Balaban J connectivity index is 1.62. The van der Waals surface area contributed by atoms with E-state index in [-0.39, 0.29) is 22.0 Å². The van der Waals surface area contributed by atoms with Crippen molar-refractivity contribution in [1.82, 2.24) is 5.32 Å². The van der Waals surface area contributed by atoms with Crippen LogP contribution in [0, 0.1) is 0 Å². The summed E-state index contributed by atoms with van der Waals surface area (Å²) in [6.07, 6.45) is 1.33. The van der Waals surface area contributed by atoms with Gasteiger partial charge in [0.15, 0.2) is 5.11 Å². The summed E-state index contributed by atoms with van der Waals surface area (Å²) in [4.78, 5) is 37.6. The molecule has 1 N–H and O–H groups in total. The van der Waals surface area contributed by atoms with Crippen LogP contribution < -0.4 is 20.1 Å². The fourth-order valence-corrected chi connectivity index (χ4v) is 3.40. The van der Waals surface area contributed by atoms with E-state index in [9.17, 15) is 19.5 Å². The van der Waals surface area contributed by atoms with E-state index in [1.165, 1.54) is 30.2 Å². The van der Waals surface area contributed by atoms with E-state index in [2.05, 4.69) is 5.32 Å². The quantitative estimate of drug-likeness (QED) is 0.362. The van der Waals surface area contributed by atoms with Crippen LogP contribution in [0.5, 0.6) is 5.75 Å². The highest BCUT2D eigenvalue weighted by Gasteiger charge is 2.34. The highest BCUT2D eigenvalue weighted by molar-refractivity contribution is 7.80. The first-order valence-corrected chi connectivity index (χ1v) is 9.75. The van der Waals surface area contributed by atoms with E-state index in [0.29, 0.717) is 22.8 Å². The van der Waals surface area contributed by atoms with Crippen LogP contribution in [0.25, 0.3) is 17.4 Å². The Morgan fingerprint density at radius 1 is 1.06 bits per heavy atom. The van der Waals surface area contributed by atoms with E-state index in [1.807, 2.05) is 0 Å². The lowest BCUT2D eigenvalue weighted by Gasteiger charge is -2.28. The molecule has 160 valence electrons. The van der Waals surface area contributed by atoms with Gasteiger partial charge in [0.1, 0.15) is 22.8 Å². The normalized spacial score (nSPS) is 15.1. The molecular weight excluding hydrogens is 432 g/mol. The van der Waals surface area contributed by atoms with Crippen LogP contribution in [-0.4, -0.2) is 30.0 Å². The number of benzene rings is 2. The van der Waals surface area contributed by atoms with Crippen LogP contribution in [0.4, 0.5) is 5.69 Å². The summed E-state index contributed by atoms with van der Waals surface area (Å²) in [6.45, 7) is 0. The number of anilines is 1. The topological polar surface area (TPSA) is 112 Å². The Labute approximate surface area is 187 Å². The van der Waals surface area contributed by atoms with Crippen molar-refractivity contribution in [2.45, 2.75) is 0 Å². The largest absolute Gasteiger partial charge is 0.545 e. The molecule has 1 fully saturated rings. The average molecular weight is 447 g/mol. The summed E-state index contributed by atoms with van der Waals surface area (Å²) in [5, 5.41) is 13.4. The maximum absolute atomic E-state index is 13.1. The summed E-state index contributed by atoms with van der Waals surface area (Å²) < 4.78 is 10.9. The number of carboxylic acids is 1. The van der Waals surface area contributed by atoms with Gasteiger partial charge in [0.25, 0.3) is 11.8 Å². The van der Waals surface area contributed by atoms with Crippen LogP contribution in [-0.2, 0) is 9.59 Å². The summed E-state index contributed by atoms with van der Waals surface area (Å²) >= 11 is 5.18. The fraction of sp³-hybridized carbons (Fsp3) is 0.0435. The van der Waals surface area contributed by atoms with Crippen molar-refractivity contribution in [3.8, 4) is 17.1 Å². The van der Waals surface area contributed by atoms with Crippen molar-refractivity contribution < 1.29 is 28.6 Å². The summed E-state index contributed by atoms with van der Waals surface area (Å²) in [5.41, 5.74) is 0.990. The molecule has 1 aliphatic rings. The van der Waals surface area contributed by atoms with Gasteiger partial charge in [-0.25, -0.2) is 0 Å². The molecule has 2 heterocycles. The summed E-state index contributed by atoms with van der Waals surface area (Å²) in [6, 6.07) is 15.8. The van der Waals surface area contributed by atoms with Crippen LogP contribution in [0.15, 0.2) is 70.7 Å². The summed E-state index contributed by atoms with van der Waals surface area (Å²) in [5.74, 6) is -1.19. The minimum absolute atomic E-state index is 0.0320. The molecular formula is C23H15N2O6S-. The molecule has 1 saturated heterocycles. The van der Waals surface area contributed by atoms with Crippen LogP contribution >= 0.6 is 12.2 Å². The number of aromatic carboxylic acids is 1. The third-order valence-electron chi connectivity index (χ3n) is 4.75. The van der Waals surface area contributed by atoms with Crippen molar-refractivity contribution in [3.63, 3.8) is 0 Å². The lowest BCUT2D eigenvalue weighted by Crippen LogP contribution is -2.54. The van der Waals surface area contributed by atoms with Gasteiger partial charge in [-0.2, -0.15) is 0 Å². The molecule has 0 atom stereocenters. The first-order chi connectivity index (χ1) is 15.4. The SMILES string of the molecule is COc1ccc(N2C(=O)/C(=C\c3ccc(-c4ccc(C(=O)[O-])cc4)o3)C(=O)NC2=S)cc1. The summed E-state index contributed by atoms with van der Waals surface area (Å²) in [7, 11) is 1.53. The van der Waals surface area contributed by atoms with Crippen molar-refractivity contribution in [3.05, 3.63) is 77.6 Å². The first kappa shape index (κ1) is 21.0. The second-order valence-corrected chi connectivity index (χ2v) is 7.11. The molecule has 0 aliphatic carbocycles.